The number of rotatable bonds is 12. The number of nitrogens with one attached hydrogen (secondary N) is 1. The van der Waals surface area contributed by atoms with Crippen molar-refractivity contribution in [1.82, 2.24) is 10.2 Å². The monoisotopic (exact) mass is 657 g/mol. The van der Waals surface area contributed by atoms with E-state index >= 15 is 0 Å². The SMILES string of the molecule is CC(C)CNC(=O)C(Cc1ccccc1)N(Cc1ccc(Cl)cc1Cl)C(=O)CN(c1cc(Cl)ccc1Cl)S(C)(=O)=O. The van der Waals surface area contributed by atoms with E-state index in [1.54, 1.807) is 18.2 Å². The van der Waals surface area contributed by atoms with Gasteiger partial charge in [0.15, 0.2) is 0 Å². The van der Waals surface area contributed by atoms with E-state index in [0.717, 1.165) is 16.1 Å². The number of halogens is 4. The Kier molecular flexibility index (Phi) is 11.8. The molecule has 41 heavy (non-hydrogen) atoms. The Bertz CT molecular complexity index is 1490. The highest BCUT2D eigenvalue weighted by Gasteiger charge is 2.34. The molecule has 3 rings (SSSR count). The minimum absolute atomic E-state index is 0.0448. The molecule has 0 spiro atoms. The van der Waals surface area contributed by atoms with Crippen molar-refractivity contribution in [2.45, 2.75) is 32.9 Å². The van der Waals surface area contributed by atoms with E-state index in [1.807, 2.05) is 44.2 Å². The van der Waals surface area contributed by atoms with E-state index in [9.17, 15) is 18.0 Å². The Morgan fingerprint density at radius 2 is 1.51 bits per heavy atom. The summed E-state index contributed by atoms with van der Waals surface area (Å²) in [7, 11) is -4.00. The average molecular weight is 659 g/mol. The van der Waals surface area contributed by atoms with Gasteiger partial charge in [-0.05, 0) is 47.4 Å². The first-order valence-corrected chi connectivity index (χ1v) is 16.1. The van der Waals surface area contributed by atoms with Crippen molar-refractivity contribution >= 4 is 73.9 Å². The molecule has 3 aromatic carbocycles. The molecule has 0 fully saturated rings. The summed E-state index contributed by atoms with van der Waals surface area (Å²) in [6.07, 6.45) is 1.15. The zero-order valence-corrected chi connectivity index (χ0v) is 26.6. The molecule has 1 unspecified atom stereocenters. The van der Waals surface area contributed by atoms with Gasteiger partial charge in [0.05, 0.1) is 17.0 Å². The van der Waals surface area contributed by atoms with Crippen molar-refractivity contribution in [1.29, 1.82) is 0 Å². The van der Waals surface area contributed by atoms with E-state index in [1.165, 1.54) is 23.1 Å². The summed E-state index contributed by atoms with van der Waals surface area (Å²) in [5, 5.41) is 3.96. The molecule has 0 aliphatic rings. The molecule has 220 valence electrons. The van der Waals surface area contributed by atoms with Gasteiger partial charge in [0.2, 0.25) is 21.8 Å². The molecule has 0 bridgehead atoms. The minimum Gasteiger partial charge on any atom is -0.354 e. The third-order valence-electron chi connectivity index (χ3n) is 6.17. The Morgan fingerprint density at radius 3 is 2.12 bits per heavy atom. The number of sulfonamides is 1. The first-order valence-electron chi connectivity index (χ1n) is 12.7. The minimum atomic E-state index is -4.00. The standard InChI is InChI=1S/C29H31Cl4N3O4S/c1-19(2)16-34-29(38)27(13-20-7-5-4-6-8-20)35(17-21-9-10-22(30)14-25(21)33)28(37)18-36(41(3,39)40)26-15-23(31)11-12-24(26)32/h4-12,14-15,19,27H,13,16-18H2,1-3H3,(H,34,38). The van der Waals surface area contributed by atoms with Crippen LogP contribution in [0.4, 0.5) is 5.69 Å². The van der Waals surface area contributed by atoms with E-state index in [4.69, 9.17) is 46.4 Å². The van der Waals surface area contributed by atoms with Crippen LogP contribution in [0.3, 0.4) is 0 Å². The zero-order valence-electron chi connectivity index (χ0n) is 22.8. The van der Waals surface area contributed by atoms with Crippen molar-refractivity contribution in [3.63, 3.8) is 0 Å². The predicted molar refractivity (Wildman–Crippen MR) is 167 cm³/mol. The van der Waals surface area contributed by atoms with Crippen LogP contribution in [-0.2, 0) is 32.6 Å². The molecular weight excluding hydrogens is 628 g/mol. The van der Waals surface area contributed by atoms with Crippen LogP contribution in [0.25, 0.3) is 0 Å². The second-order valence-corrected chi connectivity index (χ2v) is 13.6. The highest BCUT2D eigenvalue weighted by molar-refractivity contribution is 7.92. The number of benzene rings is 3. The maximum absolute atomic E-state index is 14.1. The summed E-state index contributed by atoms with van der Waals surface area (Å²) in [6, 6.07) is 17.4. The second-order valence-electron chi connectivity index (χ2n) is 9.97. The second kappa shape index (κ2) is 14.6. The van der Waals surface area contributed by atoms with Gasteiger partial charge in [0.1, 0.15) is 12.6 Å². The Labute approximate surface area is 261 Å². The lowest BCUT2D eigenvalue weighted by Gasteiger charge is -2.34. The van der Waals surface area contributed by atoms with Gasteiger partial charge in [-0.2, -0.15) is 0 Å². The van der Waals surface area contributed by atoms with Gasteiger partial charge in [-0.25, -0.2) is 8.42 Å². The molecule has 0 aliphatic carbocycles. The van der Waals surface area contributed by atoms with E-state index < -0.39 is 28.5 Å². The van der Waals surface area contributed by atoms with Gasteiger partial charge < -0.3 is 10.2 Å². The lowest BCUT2D eigenvalue weighted by atomic mass is 10.0. The van der Waals surface area contributed by atoms with Crippen molar-refractivity contribution < 1.29 is 18.0 Å². The topological polar surface area (TPSA) is 86.8 Å². The summed E-state index contributed by atoms with van der Waals surface area (Å²) >= 11 is 25.0. The molecule has 0 aliphatic heterocycles. The molecule has 2 amide bonds. The van der Waals surface area contributed by atoms with Gasteiger partial charge in [-0.3, -0.25) is 13.9 Å². The number of hydrogen-bond acceptors (Lipinski definition) is 4. The molecule has 3 aromatic rings. The maximum atomic E-state index is 14.1. The number of anilines is 1. The molecule has 1 atom stereocenters. The van der Waals surface area contributed by atoms with Crippen molar-refractivity contribution in [3.05, 3.63) is 97.9 Å². The van der Waals surface area contributed by atoms with Gasteiger partial charge >= 0.3 is 0 Å². The van der Waals surface area contributed by atoms with Crippen molar-refractivity contribution in [3.8, 4) is 0 Å². The first kappa shape index (κ1) is 33.0. The fourth-order valence-corrected chi connectivity index (χ4v) is 5.84. The third-order valence-corrected chi connectivity index (χ3v) is 8.44. The van der Waals surface area contributed by atoms with Gasteiger partial charge in [0.25, 0.3) is 0 Å². The number of carbonyl (C=O) groups is 2. The molecular formula is C29H31Cl4N3O4S. The van der Waals surface area contributed by atoms with Crippen LogP contribution in [0.2, 0.25) is 20.1 Å². The summed E-state index contributed by atoms with van der Waals surface area (Å²) in [5.74, 6) is -0.859. The van der Waals surface area contributed by atoms with E-state index in [2.05, 4.69) is 5.32 Å². The highest BCUT2D eigenvalue weighted by atomic mass is 35.5. The van der Waals surface area contributed by atoms with E-state index in [-0.39, 0.29) is 40.5 Å². The van der Waals surface area contributed by atoms with Crippen LogP contribution < -0.4 is 9.62 Å². The van der Waals surface area contributed by atoms with Gasteiger partial charge in [-0.15, -0.1) is 0 Å². The summed E-state index contributed by atoms with van der Waals surface area (Å²) in [6.45, 7) is 3.60. The zero-order chi connectivity index (χ0) is 30.3. The fraction of sp³-hybridized carbons (Fsp3) is 0.310. The number of carbonyl (C=O) groups excluding carboxylic acids is 2. The molecule has 0 heterocycles. The Hall–Kier alpha value is -2.49. The van der Waals surface area contributed by atoms with Gasteiger partial charge in [0, 0.05) is 34.6 Å². The molecule has 0 saturated carbocycles. The predicted octanol–water partition coefficient (Wildman–Crippen LogP) is 6.48. The summed E-state index contributed by atoms with van der Waals surface area (Å²) < 4.78 is 26.7. The fourth-order valence-electron chi connectivity index (χ4n) is 4.08. The molecule has 7 nitrogen and oxygen atoms in total. The van der Waals surface area contributed by atoms with E-state index in [0.29, 0.717) is 22.2 Å². The third kappa shape index (κ3) is 9.51. The smallest absolute Gasteiger partial charge is 0.244 e. The van der Waals surface area contributed by atoms with Crippen molar-refractivity contribution in [2.24, 2.45) is 5.92 Å². The highest BCUT2D eigenvalue weighted by Crippen LogP contribution is 2.31. The normalized spacial score (nSPS) is 12.2. The molecule has 0 aromatic heterocycles. The largest absolute Gasteiger partial charge is 0.354 e. The molecule has 12 heteroatoms. The Balaban J connectivity index is 2.10. The maximum Gasteiger partial charge on any atom is 0.244 e. The van der Waals surface area contributed by atoms with Gasteiger partial charge in [-0.1, -0.05) is 96.6 Å². The van der Waals surface area contributed by atoms with Crippen LogP contribution >= 0.6 is 46.4 Å². The van der Waals surface area contributed by atoms with Crippen LogP contribution in [0.1, 0.15) is 25.0 Å². The van der Waals surface area contributed by atoms with Crippen LogP contribution in [0.15, 0.2) is 66.7 Å². The molecule has 0 radical (unpaired) electrons. The molecule has 1 N–H and O–H groups in total. The van der Waals surface area contributed by atoms with Crippen molar-refractivity contribution in [2.75, 3.05) is 23.7 Å². The summed E-state index contributed by atoms with van der Waals surface area (Å²) in [4.78, 5) is 29.1. The molecule has 0 saturated heterocycles. The summed E-state index contributed by atoms with van der Waals surface area (Å²) in [5.41, 5.74) is 1.39. The lowest BCUT2D eigenvalue weighted by Crippen LogP contribution is -2.53. The number of amides is 2. The quantitative estimate of drug-likeness (QED) is 0.241. The average Bonchev–Trinajstić information content (AvgIpc) is 2.90. The van der Waals surface area contributed by atoms with Crippen LogP contribution in [0.5, 0.6) is 0 Å². The lowest BCUT2D eigenvalue weighted by molar-refractivity contribution is -0.140. The van der Waals surface area contributed by atoms with Crippen LogP contribution in [-0.4, -0.2) is 50.5 Å². The van der Waals surface area contributed by atoms with Crippen LogP contribution in [0, 0.1) is 5.92 Å². The number of nitrogens with zero attached hydrogens (tertiary/aromatic N) is 2. The first-order chi connectivity index (χ1) is 19.3. The Morgan fingerprint density at radius 1 is 0.878 bits per heavy atom. The number of hydrogen-bond donors (Lipinski definition) is 1.